The second-order valence-corrected chi connectivity index (χ2v) is 6.61. The van der Waals surface area contributed by atoms with Crippen LogP contribution in [0.2, 0.25) is 15.1 Å². The van der Waals surface area contributed by atoms with E-state index in [9.17, 15) is 10.1 Å². The quantitative estimate of drug-likeness (QED) is 0.152. The van der Waals surface area contributed by atoms with Gasteiger partial charge in [-0.2, -0.15) is 5.26 Å². The molecule has 9 heteroatoms. The third-order valence-electron chi connectivity index (χ3n) is 3.17. The highest BCUT2D eigenvalue weighted by Gasteiger charge is 2.20. The van der Waals surface area contributed by atoms with Crippen molar-refractivity contribution in [2.45, 2.75) is 20.8 Å². The molecule has 142 valence electrons. The number of ether oxygens (including phenoxy) is 2. The van der Waals surface area contributed by atoms with Crippen LogP contribution in [0, 0.1) is 17.2 Å². The Hall–Kier alpha value is -1.65. The molecule has 0 heterocycles. The van der Waals surface area contributed by atoms with E-state index in [1.54, 1.807) is 0 Å². The summed E-state index contributed by atoms with van der Waals surface area (Å²) in [7, 11) is 0. The summed E-state index contributed by atoms with van der Waals surface area (Å²) in [5, 5.41) is 10.3. The fraction of sp³-hybridized carbons (Fsp3) is 0.412. The van der Waals surface area contributed by atoms with Crippen LogP contribution in [0.25, 0.3) is 0 Å². The first kappa shape index (κ1) is 22.4. The van der Waals surface area contributed by atoms with E-state index >= 15 is 0 Å². The maximum Gasteiger partial charge on any atom is 0.350 e. The summed E-state index contributed by atoms with van der Waals surface area (Å²) in [6, 6.07) is 4.90. The highest BCUT2D eigenvalue weighted by molar-refractivity contribution is 6.44. The van der Waals surface area contributed by atoms with Crippen LogP contribution < -0.4 is 10.9 Å². The van der Waals surface area contributed by atoms with E-state index in [0.717, 1.165) is 0 Å². The van der Waals surface area contributed by atoms with Gasteiger partial charge in [0.25, 0.3) is 0 Å². The van der Waals surface area contributed by atoms with Crippen molar-refractivity contribution in [3.8, 4) is 6.07 Å². The second-order valence-electron chi connectivity index (χ2n) is 5.38. The lowest BCUT2D eigenvalue weighted by Crippen LogP contribution is -2.28. The molecule has 6 nitrogen and oxygen atoms in total. The Kier molecular flexibility index (Phi) is 9.60. The van der Waals surface area contributed by atoms with Crippen LogP contribution in [0.3, 0.4) is 0 Å². The number of rotatable bonds is 9. The first-order chi connectivity index (χ1) is 12.3. The zero-order valence-corrected chi connectivity index (χ0v) is 16.9. The molecule has 0 saturated heterocycles. The van der Waals surface area contributed by atoms with Crippen LogP contribution in [-0.2, 0) is 14.3 Å². The molecule has 0 amide bonds. The number of nitrogens with zero attached hydrogens (tertiary/aromatic N) is 1. The van der Waals surface area contributed by atoms with E-state index in [1.165, 1.54) is 12.1 Å². The van der Waals surface area contributed by atoms with E-state index in [1.807, 2.05) is 26.8 Å². The molecule has 0 aliphatic heterocycles. The monoisotopic (exact) mass is 419 g/mol. The first-order valence-corrected chi connectivity index (χ1v) is 9.00. The van der Waals surface area contributed by atoms with Crippen LogP contribution in [0.5, 0.6) is 0 Å². The second kappa shape index (κ2) is 11.1. The molecule has 0 saturated carbocycles. The summed E-state index contributed by atoms with van der Waals surface area (Å²) in [5.41, 5.74) is 6.35. The molecule has 1 aromatic rings. The third-order valence-corrected chi connectivity index (χ3v) is 4.20. The molecule has 0 aromatic heterocycles. The Labute approximate surface area is 168 Å². The van der Waals surface area contributed by atoms with Gasteiger partial charge in [-0.25, -0.2) is 4.79 Å². The fourth-order valence-electron chi connectivity index (χ4n) is 1.87. The molecule has 0 unspecified atom stereocenters. The number of nitriles is 1. The normalized spacial score (nSPS) is 11.6. The molecule has 1 aromatic carbocycles. The molecule has 0 fully saturated rings. The number of carbonyl (C=O) groups excluding carboxylic acids is 1. The Morgan fingerprint density at radius 3 is 2.42 bits per heavy atom. The smallest absolute Gasteiger partial charge is 0.350 e. The number of hydrogen-bond donors (Lipinski definition) is 2. The van der Waals surface area contributed by atoms with Gasteiger partial charge in [0.05, 0.1) is 33.1 Å². The van der Waals surface area contributed by atoms with Gasteiger partial charge in [0, 0.05) is 6.61 Å². The maximum atomic E-state index is 12.2. The number of hydrogen-bond acceptors (Lipinski definition) is 6. The largest absolute Gasteiger partial charge is 0.459 e. The van der Waals surface area contributed by atoms with E-state index in [0.29, 0.717) is 33.1 Å². The van der Waals surface area contributed by atoms with Crippen molar-refractivity contribution in [3.05, 3.63) is 38.5 Å². The number of allylic oxidation sites excluding steroid dienone is 1. The number of halogens is 3. The molecule has 26 heavy (non-hydrogen) atoms. The highest BCUT2D eigenvalue weighted by atomic mass is 35.5. The third kappa shape index (κ3) is 6.58. The minimum atomic E-state index is -0.731. The number of esters is 1. The predicted molar refractivity (Wildman–Crippen MR) is 103 cm³/mol. The lowest BCUT2D eigenvalue weighted by Gasteiger charge is -2.19. The Balaban J connectivity index is 2.94. The summed E-state index contributed by atoms with van der Waals surface area (Å²) < 4.78 is 10.2. The van der Waals surface area contributed by atoms with Gasteiger partial charge in [-0.15, -0.1) is 0 Å². The van der Waals surface area contributed by atoms with Crippen molar-refractivity contribution in [1.82, 2.24) is 5.43 Å². The van der Waals surface area contributed by atoms with Crippen molar-refractivity contribution in [1.29, 1.82) is 5.26 Å². The topological polar surface area (TPSA) is 83.4 Å². The van der Waals surface area contributed by atoms with Crippen LogP contribution in [0.1, 0.15) is 20.8 Å². The van der Waals surface area contributed by atoms with Gasteiger partial charge >= 0.3 is 5.97 Å². The maximum absolute atomic E-state index is 12.2. The van der Waals surface area contributed by atoms with Gasteiger partial charge in [-0.05, 0) is 25.0 Å². The number of carbonyl (C=O) groups is 1. The van der Waals surface area contributed by atoms with Gasteiger partial charge in [0.1, 0.15) is 12.7 Å². The minimum Gasteiger partial charge on any atom is -0.459 e. The molecule has 2 N–H and O–H groups in total. The van der Waals surface area contributed by atoms with Crippen molar-refractivity contribution in [3.63, 3.8) is 0 Å². The molecule has 0 spiro atoms. The summed E-state index contributed by atoms with van der Waals surface area (Å²) in [5.74, 6) is -0.899. The molecule has 0 atom stereocenters. The predicted octanol–water partition coefficient (Wildman–Crippen LogP) is 4.58. The number of anilines is 1. The lowest BCUT2D eigenvalue weighted by molar-refractivity contribution is -0.140. The molecule has 0 aliphatic rings. The van der Waals surface area contributed by atoms with Gasteiger partial charge < -0.3 is 14.9 Å². The summed E-state index contributed by atoms with van der Waals surface area (Å²) in [6.07, 6.45) is 0. The van der Waals surface area contributed by atoms with Crippen LogP contribution in [0.15, 0.2) is 23.4 Å². The molecular weight excluding hydrogens is 401 g/mol. The Bertz CT molecular complexity index is 715. The average Bonchev–Trinajstić information content (AvgIpc) is 2.59. The highest BCUT2D eigenvalue weighted by Crippen LogP contribution is 2.32. The zero-order valence-electron chi connectivity index (χ0n) is 14.7. The van der Waals surface area contributed by atoms with Crippen molar-refractivity contribution < 1.29 is 14.3 Å². The minimum absolute atomic E-state index is 0.0648. The van der Waals surface area contributed by atoms with E-state index < -0.39 is 5.97 Å². The number of benzene rings is 1. The summed E-state index contributed by atoms with van der Waals surface area (Å²) >= 11 is 18.0. The van der Waals surface area contributed by atoms with Crippen LogP contribution in [0.4, 0.5) is 5.69 Å². The van der Waals surface area contributed by atoms with E-state index in [4.69, 9.17) is 44.3 Å². The molecule has 1 rings (SSSR count). The molecule has 0 bridgehead atoms. The van der Waals surface area contributed by atoms with Crippen LogP contribution in [-0.4, -0.2) is 25.8 Å². The van der Waals surface area contributed by atoms with Gasteiger partial charge in [0.15, 0.2) is 5.57 Å². The molecule has 0 radical (unpaired) electrons. The van der Waals surface area contributed by atoms with Gasteiger partial charge in [-0.1, -0.05) is 48.7 Å². The van der Waals surface area contributed by atoms with E-state index in [2.05, 4.69) is 10.9 Å². The Morgan fingerprint density at radius 1 is 1.19 bits per heavy atom. The zero-order chi connectivity index (χ0) is 19.7. The SMILES string of the molecule is CCOCCOC(=O)/C(C#N)=C(\NNc1cc(Cl)c(Cl)cc1Cl)C(C)C. The standard InChI is InChI=1S/C17H20Cl3N3O3/c1-4-25-5-6-26-17(24)11(9-21)16(10(2)3)23-22-15-8-13(19)12(18)7-14(15)20/h7-8,10,22-23H,4-6H2,1-3H3/b16-11-. The summed E-state index contributed by atoms with van der Waals surface area (Å²) in [6.45, 7) is 6.34. The van der Waals surface area contributed by atoms with Gasteiger partial charge in [-0.3, -0.25) is 5.43 Å². The molecular formula is C17H20Cl3N3O3. The van der Waals surface area contributed by atoms with Crippen molar-refractivity contribution >= 4 is 46.5 Å². The van der Waals surface area contributed by atoms with Crippen molar-refractivity contribution in [2.75, 3.05) is 25.2 Å². The average molecular weight is 421 g/mol. The van der Waals surface area contributed by atoms with E-state index in [-0.39, 0.29) is 24.7 Å². The Morgan fingerprint density at radius 2 is 1.85 bits per heavy atom. The first-order valence-electron chi connectivity index (χ1n) is 7.87. The summed E-state index contributed by atoms with van der Waals surface area (Å²) in [4.78, 5) is 12.2. The number of nitrogens with one attached hydrogen (secondary N) is 2. The molecule has 0 aliphatic carbocycles. The fourth-order valence-corrected chi connectivity index (χ4v) is 2.47. The van der Waals surface area contributed by atoms with Crippen molar-refractivity contribution in [2.24, 2.45) is 5.92 Å². The van der Waals surface area contributed by atoms with Gasteiger partial charge in [0.2, 0.25) is 0 Å². The lowest BCUT2D eigenvalue weighted by atomic mass is 10.1. The van der Waals surface area contributed by atoms with Crippen LogP contribution >= 0.6 is 34.8 Å². The number of hydrazine groups is 1.